The lowest BCUT2D eigenvalue weighted by Gasteiger charge is -1.99. The number of allylic oxidation sites excluding steroid dienone is 2. The molecule has 88 valence electrons. The number of carboxylic acid groups (broad SMARTS) is 1. The number of carboxylic acids is 1. The lowest BCUT2D eigenvalue weighted by molar-refractivity contribution is -0.137. The lowest BCUT2D eigenvalue weighted by Crippen LogP contribution is -1.93. The van der Waals surface area contributed by atoms with Gasteiger partial charge in [0.15, 0.2) is 0 Å². The molecule has 1 N–H and O–H groups in total. The Morgan fingerprint density at radius 2 is 1.60 bits per heavy atom. The maximum atomic E-state index is 10.2. The van der Waals surface area contributed by atoms with Crippen LogP contribution in [0.5, 0.6) is 0 Å². The number of alkyl halides is 1. The highest BCUT2D eigenvalue weighted by atomic mass is 35.5. The second kappa shape index (κ2) is 11.6. The number of hydrogen-bond acceptors (Lipinski definition) is 1. The molecular formula is C12H21ClO2. The van der Waals surface area contributed by atoms with Crippen molar-refractivity contribution in [3.05, 3.63) is 12.2 Å². The summed E-state index contributed by atoms with van der Waals surface area (Å²) in [4.78, 5) is 10.2. The average Bonchev–Trinajstić information content (AvgIpc) is 2.20. The van der Waals surface area contributed by atoms with Gasteiger partial charge in [0.1, 0.15) is 0 Å². The van der Waals surface area contributed by atoms with Crippen LogP contribution in [0.4, 0.5) is 0 Å². The molecule has 0 bridgehead atoms. The molecule has 0 aliphatic heterocycles. The van der Waals surface area contributed by atoms with Gasteiger partial charge in [0.05, 0.1) is 0 Å². The van der Waals surface area contributed by atoms with Gasteiger partial charge >= 0.3 is 5.97 Å². The summed E-state index contributed by atoms with van der Waals surface area (Å²) >= 11 is 5.49. The van der Waals surface area contributed by atoms with Crippen LogP contribution in [-0.4, -0.2) is 17.0 Å². The van der Waals surface area contributed by atoms with E-state index in [1.165, 1.54) is 19.3 Å². The molecular weight excluding hydrogens is 212 g/mol. The monoisotopic (exact) mass is 232 g/mol. The number of rotatable bonds is 10. The van der Waals surface area contributed by atoms with Crippen molar-refractivity contribution < 1.29 is 9.90 Å². The molecule has 0 aromatic heterocycles. The fraction of sp³-hybridized carbons (Fsp3) is 0.750. The molecule has 0 saturated heterocycles. The van der Waals surface area contributed by atoms with Crippen molar-refractivity contribution in [2.24, 2.45) is 0 Å². The van der Waals surface area contributed by atoms with Gasteiger partial charge in [0.2, 0.25) is 0 Å². The van der Waals surface area contributed by atoms with Crippen molar-refractivity contribution in [1.82, 2.24) is 0 Å². The van der Waals surface area contributed by atoms with Crippen molar-refractivity contribution in [2.45, 2.75) is 51.4 Å². The number of halogens is 1. The molecule has 0 aliphatic rings. The summed E-state index contributed by atoms with van der Waals surface area (Å²) in [6.07, 6.45) is 12.2. The third-order valence-electron chi connectivity index (χ3n) is 2.27. The minimum atomic E-state index is -0.679. The van der Waals surface area contributed by atoms with Gasteiger partial charge in [-0.25, -0.2) is 0 Å². The zero-order valence-corrected chi connectivity index (χ0v) is 10.0. The van der Waals surface area contributed by atoms with Crippen LogP contribution in [0.1, 0.15) is 51.4 Å². The first-order chi connectivity index (χ1) is 7.27. The minimum absolute atomic E-state index is 0.318. The standard InChI is InChI=1S/C12H21ClO2/c13-11-9-7-5-3-1-2-4-6-8-10-12(14)15/h7,9H,1-6,8,10-11H2,(H,14,15). The number of unbranched alkanes of at least 4 members (excludes halogenated alkanes) is 6. The Hall–Kier alpha value is -0.500. The van der Waals surface area contributed by atoms with Gasteiger partial charge in [-0.2, -0.15) is 0 Å². The minimum Gasteiger partial charge on any atom is -0.481 e. The Balaban J connectivity index is 2.99. The predicted octanol–water partition coefficient (Wildman–Crippen LogP) is 3.99. The molecule has 3 heteroatoms. The van der Waals surface area contributed by atoms with Crippen LogP contribution in [0.2, 0.25) is 0 Å². The Bertz CT molecular complexity index is 178. The third-order valence-corrected chi connectivity index (χ3v) is 2.45. The quantitative estimate of drug-likeness (QED) is 0.351. The van der Waals surface area contributed by atoms with Crippen LogP contribution in [0, 0.1) is 0 Å². The first kappa shape index (κ1) is 14.5. The average molecular weight is 233 g/mol. The van der Waals surface area contributed by atoms with E-state index in [4.69, 9.17) is 16.7 Å². The molecule has 0 spiro atoms. The van der Waals surface area contributed by atoms with E-state index in [0.29, 0.717) is 12.3 Å². The normalized spacial score (nSPS) is 11.0. The molecule has 0 atom stereocenters. The Morgan fingerprint density at radius 1 is 1.00 bits per heavy atom. The van der Waals surface area contributed by atoms with Crippen molar-refractivity contribution in [1.29, 1.82) is 0 Å². The first-order valence-corrected chi connectivity index (χ1v) is 6.23. The van der Waals surface area contributed by atoms with Gasteiger partial charge in [-0.3, -0.25) is 4.79 Å². The SMILES string of the molecule is O=C(O)CCCCCCCCC=CCCl. The topological polar surface area (TPSA) is 37.3 Å². The molecule has 0 fully saturated rings. The molecule has 2 nitrogen and oxygen atoms in total. The van der Waals surface area contributed by atoms with Crippen LogP contribution in [-0.2, 0) is 4.79 Å². The van der Waals surface area contributed by atoms with Crippen molar-refractivity contribution >= 4 is 17.6 Å². The smallest absolute Gasteiger partial charge is 0.303 e. The molecule has 0 amide bonds. The molecule has 15 heavy (non-hydrogen) atoms. The lowest BCUT2D eigenvalue weighted by atomic mass is 10.1. The summed E-state index contributed by atoms with van der Waals surface area (Å²) in [5.41, 5.74) is 0. The van der Waals surface area contributed by atoms with Crippen molar-refractivity contribution in [3.8, 4) is 0 Å². The van der Waals surface area contributed by atoms with E-state index in [0.717, 1.165) is 25.7 Å². The molecule has 0 aliphatic carbocycles. The first-order valence-electron chi connectivity index (χ1n) is 5.70. The summed E-state index contributed by atoms with van der Waals surface area (Å²) in [6.45, 7) is 0. The fourth-order valence-electron chi connectivity index (χ4n) is 1.43. The number of hydrogen-bond donors (Lipinski definition) is 1. The molecule has 0 unspecified atom stereocenters. The summed E-state index contributed by atoms with van der Waals surface area (Å²) in [7, 11) is 0. The van der Waals surface area contributed by atoms with Gasteiger partial charge in [-0.15, -0.1) is 11.6 Å². The third kappa shape index (κ3) is 13.5. The molecule has 0 heterocycles. The Kier molecular flexibility index (Phi) is 11.2. The summed E-state index contributed by atoms with van der Waals surface area (Å²) < 4.78 is 0. The summed E-state index contributed by atoms with van der Waals surface area (Å²) in [5, 5.41) is 8.42. The van der Waals surface area contributed by atoms with E-state index in [1.807, 2.05) is 6.08 Å². The van der Waals surface area contributed by atoms with Gasteiger partial charge < -0.3 is 5.11 Å². The molecule has 0 saturated carbocycles. The second-order valence-electron chi connectivity index (χ2n) is 3.68. The molecule has 0 radical (unpaired) electrons. The second-order valence-corrected chi connectivity index (χ2v) is 3.99. The highest BCUT2D eigenvalue weighted by molar-refractivity contribution is 6.18. The van der Waals surface area contributed by atoms with E-state index >= 15 is 0 Å². The van der Waals surface area contributed by atoms with Crippen LogP contribution >= 0.6 is 11.6 Å². The van der Waals surface area contributed by atoms with Crippen LogP contribution in [0.3, 0.4) is 0 Å². The van der Waals surface area contributed by atoms with E-state index < -0.39 is 5.97 Å². The zero-order valence-electron chi connectivity index (χ0n) is 9.25. The molecule has 0 aromatic carbocycles. The van der Waals surface area contributed by atoms with E-state index in [2.05, 4.69) is 6.08 Å². The van der Waals surface area contributed by atoms with Crippen molar-refractivity contribution in [3.63, 3.8) is 0 Å². The highest BCUT2D eigenvalue weighted by Gasteiger charge is 1.95. The van der Waals surface area contributed by atoms with Gasteiger partial charge in [-0.05, 0) is 19.3 Å². The fourth-order valence-corrected chi connectivity index (χ4v) is 1.55. The van der Waals surface area contributed by atoms with Gasteiger partial charge in [0.25, 0.3) is 0 Å². The summed E-state index contributed by atoms with van der Waals surface area (Å²) in [6, 6.07) is 0. The number of carbonyl (C=O) groups is 1. The highest BCUT2D eigenvalue weighted by Crippen LogP contribution is 2.08. The zero-order chi connectivity index (χ0) is 11.4. The predicted molar refractivity (Wildman–Crippen MR) is 64.4 cm³/mol. The van der Waals surface area contributed by atoms with Crippen LogP contribution in [0.25, 0.3) is 0 Å². The molecule has 0 rings (SSSR count). The van der Waals surface area contributed by atoms with Crippen LogP contribution in [0.15, 0.2) is 12.2 Å². The number of aliphatic carboxylic acids is 1. The Labute approximate surface area is 97.3 Å². The Morgan fingerprint density at radius 3 is 2.20 bits per heavy atom. The maximum absolute atomic E-state index is 10.2. The van der Waals surface area contributed by atoms with Gasteiger partial charge in [0, 0.05) is 12.3 Å². The van der Waals surface area contributed by atoms with Gasteiger partial charge in [-0.1, -0.05) is 37.8 Å². The van der Waals surface area contributed by atoms with Crippen LogP contribution < -0.4 is 0 Å². The largest absolute Gasteiger partial charge is 0.481 e. The van der Waals surface area contributed by atoms with E-state index in [1.54, 1.807) is 0 Å². The van der Waals surface area contributed by atoms with Crippen molar-refractivity contribution in [2.75, 3.05) is 5.88 Å². The summed E-state index contributed by atoms with van der Waals surface area (Å²) in [5.74, 6) is -0.0731. The maximum Gasteiger partial charge on any atom is 0.303 e. The van der Waals surface area contributed by atoms with E-state index in [-0.39, 0.29) is 0 Å². The molecule has 0 aromatic rings. The van der Waals surface area contributed by atoms with E-state index in [9.17, 15) is 4.79 Å².